The van der Waals surface area contributed by atoms with Gasteiger partial charge in [0, 0.05) is 18.0 Å². The Balaban J connectivity index is 2.14. The van der Waals surface area contributed by atoms with E-state index in [-0.39, 0.29) is 4.90 Å². The van der Waals surface area contributed by atoms with Gasteiger partial charge in [-0.2, -0.15) is 5.10 Å². The molecule has 0 saturated carbocycles. The SMILES string of the molecule is O=C(O)/C=C/c1ccc(NS(=O)(=O)c2cn[nH]c2)cc1. The molecule has 2 rings (SSSR count). The van der Waals surface area contributed by atoms with Gasteiger partial charge in [-0.05, 0) is 23.8 Å². The molecule has 0 radical (unpaired) electrons. The van der Waals surface area contributed by atoms with Crippen molar-refractivity contribution in [3.63, 3.8) is 0 Å². The van der Waals surface area contributed by atoms with E-state index < -0.39 is 16.0 Å². The van der Waals surface area contributed by atoms with E-state index in [1.807, 2.05) is 0 Å². The molecule has 0 bridgehead atoms. The van der Waals surface area contributed by atoms with E-state index in [4.69, 9.17) is 5.11 Å². The van der Waals surface area contributed by atoms with Crippen LogP contribution in [-0.4, -0.2) is 29.7 Å². The number of rotatable bonds is 5. The number of nitrogens with zero attached hydrogens (tertiary/aromatic N) is 1. The van der Waals surface area contributed by atoms with Gasteiger partial charge in [0.15, 0.2) is 0 Å². The van der Waals surface area contributed by atoms with Crippen molar-refractivity contribution in [2.45, 2.75) is 4.90 Å². The molecule has 0 aliphatic carbocycles. The molecule has 104 valence electrons. The van der Waals surface area contributed by atoms with Crippen molar-refractivity contribution >= 4 is 27.8 Å². The number of benzene rings is 1. The molecule has 1 aromatic carbocycles. The van der Waals surface area contributed by atoms with E-state index in [1.54, 1.807) is 24.3 Å². The number of sulfonamides is 1. The molecule has 20 heavy (non-hydrogen) atoms. The highest BCUT2D eigenvalue weighted by molar-refractivity contribution is 7.92. The first-order chi connectivity index (χ1) is 9.47. The van der Waals surface area contributed by atoms with Crippen molar-refractivity contribution in [3.05, 3.63) is 48.3 Å². The highest BCUT2D eigenvalue weighted by atomic mass is 32.2. The predicted molar refractivity (Wildman–Crippen MR) is 72.5 cm³/mol. The summed E-state index contributed by atoms with van der Waals surface area (Å²) >= 11 is 0. The van der Waals surface area contributed by atoms with Crippen LogP contribution in [0, 0.1) is 0 Å². The zero-order chi connectivity index (χ0) is 14.6. The Morgan fingerprint density at radius 2 is 2.00 bits per heavy atom. The molecular weight excluding hydrogens is 282 g/mol. The van der Waals surface area contributed by atoms with Crippen molar-refractivity contribution < 1.29 is 18.3 Å². The van der Waals surface area contributed by atoms with Crippen molar-refractivity contribution in [3.8, 4) is 0 Å². The quantitative estimate of drug-likeness (QED) is 0.719. The third-order valence-electron chi connectivity index (χ3n) is 2.36. The number of carboxylic acids is 1. The van der Waals surface area contributed by atoms with Crippen LogP contribution in [-0.2, 0) is 14.8 Å². The Kier molecular flexibility index (Phi) is 3.85. The van der Waals surface area contributed by atoms with Crippen LogP contribution in [0.4, 0.5) is 5.69 Å². The van der Waals surface area contributed by atoms with Gasteiger partial charge in [-0.1, -0.05) is 12.1 Å². The Hall–Kier alpha value is -2.61. The summed E-state index contributed by atoms with van der Waals surface area (Å²) in [6.07, 6.45) is 4.89. The van der Waals surface area contributed by atoms with E-state index in [0.717, 1.165) is 6.08 Å². The van der Waals surface area contributed by atoms with Gasteiger partial charge in [0.25, 0.3) is 10.0 Å². The van der Waals surface area contributed by atoms with Gasteiger partial charge in [0.2, 0.25) is 0 Å². The lowest BCUT2D eigenvalue weighted by atomic mass is 10.2. The van der Waals surface area contributed by atoms with Crippen molar-refractivity contribution in [1.29, 1.82) is 0 Å². The maximum Gasteiger partial charge on any atom is 0.328 e. The minimum Gasteiger partial charge on any atom is -0.478 e. The van der Waals surface area contributed by atoms with Crippen LogP contribution in [0.2, 0.25) is 0 Å². The molecule has 0 aliphatic rings. The molecule has 0 aliphatic heterocycles. The fourth-order valence-electron chi connectivity index (χ4n) is 1.43. The summed E-state index contributed by atoms with van der Waals surface area (Å²) in [5, 5.41) is 14.5. The molecule has 0 spiro atoms. The normalized spacial score (nSPS) is 11.6. The average molecular weight is 293 g/mol. The molecule has 7 nitrogen and oxygen atoms in total. The monoisotopic (exact) mass is 293 g/mol. The fourth-order valence-corrected chi connectivity index (χ4v) is 2.39. The van der Waals surface area contributed by atoms with Crippen LogP contribution in [0.15, 0.2) is 47.6 Å². The van der Waals surface area contributed by atoms with E-state index in [0.29, 0.717) is 11.3 Å². The largest absolute Gasteiger partial charge is 0.478 e. The molecule has 0 amide bonds. The predicted octanol–water partition coefficient (Wildman–Crippen LogP) is 1.31. The zero-order valence-corrected chi connectivity index (χ0v) is 11.0. The summed E-state index contributed by atoms with van der Waals surface area (Å²) in [4.78, 5) is 10.4. The Morgan fingerprint density at radius 1 is 1.30 bits per heavy atom. The molecule has 0 fully saturated rings. The lowest BCUT2D eigenvalue weighted by molar-refractivity contribution is -0.131. The first-order valence-corrected chi connectivity index (χ1v) is 6.98. The molecule has 1 aromatic heterocycles. The first kappa shape index (κ1) is 13.8. The second-order valence-electron chi connectivity index (χ2n) is 3.83. The molecule has 0 unspecified atom stereocenters. The molecule has 1 heterocycles. The molecule has 2 aromatic rings. The standard InChI is InChI=1S/C12H11N3O4S/c16-12(17)6-3-9-1-4-10(5-2-9)15-20(18,19)11-7-13-14-8-11/h1-8,15H,(H,13,14)(H,16,17)/b6-3+. The van der Waals surface area contributed by atoms with Gasteiger partial charge in [-0.25, -0.2) is 13.2 Å². The third-order valence-corrected chi connectivity index (χ3v) is 3.71. The van der Waals surface area contributed by atoms with Crippen LogP contribution < -0.4 is 4.72 Å². The van der Waals surface area contributed by atoms with E-state index in [2.05, 4.69) is 14.9 Å². The highest BCUT2D eigenvalue weighted by Crippen LogP contribution is 2.16. The zero-order valence-electron chi connectivity index (χ0n) is 10.1. The summed E-state index contributed by atoms with van der Waals surface area (Å²) in [6.45, 7) is 0. The Bertz CT molecular complexity index is 719. The highest BCUT2D eigenvalue weighted by Gasteiger charge is 2.14. The van der Waals surface area contributed by atoms with Gasteiger partial charge in [0.05, 0.1) is 6.20 Å². The minimum atomic E-state index is -3.66. The maximum absolute atomic E-state index is 11.9. The summed E-state index contributed by atoms with van der Waals surface area (Å²) in [5.74, 6) is -1.05. The number of anilines is 1. The van der Waals surface area contributed by atoms with Crippen molar-refractivity contribution in [1.82, 2.24) is 10.2 Å². The van der Waals surface area contributed by atoms with Gasteiger partial charge in [-0.3, -0.25) is 9.82 Å². The van der Waals surface area contributed by atoms with Crippen molar-refractivity contribution in [2.75, 3.05) is 4.72 Å². The summed E-state index contributed by atoms with van der Waals surface area (Å²) in [5.41, 5.74) is 1.03. The second-order valence-corrected chi connectivity index (χ2v) is 5.52. The van der Waals surface area contributed by atoms with Crippen LogP contribution in [0.25, 0.3) is 6.08 Å². The van der Waals surface area contributed by atoms with Crippen LogP contribution in [0.5, 0.6) is 0 Å². The van der Waals surface area contributed by atoms with E-state index in [1.165, 1.54) is 18.5 Å². The molecule has 0 saturated heterocycles. The Labute approximate surface area is 115 Å². The first-order valence-electron chi connectivity index (χ1n) is 5.50. The van der Waals surface area contributed by atoms with Crippen molar-refractivity contribution in [2.24, 2.45) is 0 Å². The molecule has 0 atom stereocenters. The fraction of sp³-hybridized carbons (Fsp3) is 0. The third kappa shape index (κ3) is 3.45. The number of aromatic amines is 1. The van der Waals surface area contributed by atoms with Gasteiger partial charge >= 0.3 is 5.97 Å². The van der Waals surface area contributed by atoms with Crippen LogP contribution in [0.3, 0.4) is 0 Å². The number of aliphatic carboxylic acids is 1. The Morgan fingerprint density at radius 3 is 2.55 bits per heavy atom. The van der Waals surface area contributed by atoms with E-state index >= 15 is 0 Å². The summed E-state index contributed by atoms with van der Waals surface area (Å²) in [7, 11) is -3.66. The van der Waals surface area contributed by atoms with Gasteiger partial charge < -0.3 is 5.11 Å². The number of aromatic nitrogens is 2. The lowest BCUT2D eigenvalue weighted by Crippen LogP contribution is -2.12. The molecule has 3 N–H and O–H groups in total. The number of carbonyl (C=O) groups is 1. The summed E-state index contributed by atoms with van der Waals surface area (Å²) < 4.78 is 26.2. The number of nitrogens with one attached hydrogen (secondary N) is 2. The van der Waals surface area contributed by atoms with Crippen LogP contribution in [0.1, 0.15) is 5.56 Å². The second kappa shape index (κ2) is 5.57. The van der Waals surface area contributed by atoms with E-state index in [9.17, 15) is 13.2 Å². The minimum absolute atomic E-state index is 0.0346. The lowest BCUT2D eigenvalue weighted by Gasteiger charge is -2.06. The topological polar surface area (TPSA) is 112 Å². The molecular formula is C12H11N3O4S. The number of hydrogen-bond acceptors (Lipinski definition) is 4. The molecule has 8 heteroatoms. The van der Waals surface area contributed by atoms with Gasteiger partial charge in [0.1, 0.15) is 4.90 Å². The number of H-pyrrole nitrogens is 1. The van der Waals surface area contributed by atoms with Gasteiger partial charge in [-0.15, -0.1) is 0 Å². The number of hydrogen-bond donors (Lipinski definition) is 3. The smallest absolute Gasteiger partial charge is 0.328 e. The van der Waals surface area contributed by atoms with Crippen LogP contribution >= 0.6 is 0 Å². The maximum atomic E-state index is 11.9. The average Bonchev–Trinajstić information content (AvgIpc) is 2.92. The summed E-state index contributed by atoms with van der Waals surface area (Å²) in [6, 6.07) is 6.29. The number of carboxylic acid groups (broad SMARTS) is 1.